The lowest BCUT2D eigenvalue weighted by atomic mass is 10.2. The number of nitrogens with zero attached hydrogens (tertiary/aromatic N) is 4. The number of ketones is 1. The van der Waals surface area contributed by atoms with Crippen molar-refractivity contribution in [2.75, 3.05) is 0 Å². The Balaban J connectivity index is 2.10. The summed E-state index contributed by atoms with van der Waals surface area (Å²) < 4.78 is 1.78. The van der Waals surface area contributed by atoms with Crippen molar-refractivity contribution in [1.82, 2.24) is 19.7 Å². The summed E-state index contributed by atoms with van der Waals surface area (Å²) in [4.78, 5) is 20.2. The van der Waals surface area contributed by atoms with E-state index < -0.39 is 0 Å². The maximum atomic E-state index is 12.0. The zero-order valence-electron chi connectivity index (χ0n) is 10.6. The highest BCUT2D eigenvalue weighted by Gasteiger charge is 2.13. The molecule has 0 radical (unpaired) electrons. The van der Waals surface area contributed by atoms with Gasteiger partial charge in [0.25, 0.3) is 0 Å². The standard InChI is InChI=1S/C13H16N4O/c1-10(2)8-17-13(15-9-16-17)7-12(18)11-5-3-4-6-14-11/h3-6,9-10H,7-8H2,1-2H3. The van der Waals surface area contributed by atoms with Crippen molar-refractivity contribution in [1.29, 1.82) is 0 Å². The molecule has 0 aromatic carbocycles. The van der Waals surface area contributed by atoms with Crippen LogP contribution in [0.1, 0.15) is 30.2 Å². The predicted molar refractivity (Wildman–Crippen MR) is 67.1 cm³/mol. The molecule has 0 aliphatic heterocycles. The van der Waals surface area contributed by atoms with Gasteiger partial charge in [-0.2, -0.15) is 5.10 Å². The number of aromatic nitrogens is 4. The first-order chi connectivity index (χ1) is 8.66. The minimum Gasteiger partial charge on any atom is -0.292 e. The summed E-state index contributed by atoms with van der Waals surface area (Å²) in [5, 5.41) is 4.14. The van der Waals surface area contributed by atoms with Crippen LogP contribution in [0.4, 0.5) is 0 Å². The van der Waals surface area contributed by atoms with E-state index in [1.807, 2.05) is 0 Å². The molecule has 2 aromatic rings. The molecule has 0 amide bonds. The Bertz CT molecular complexity index is 519. The van der Waals surface area contributed by atoms with Gasteiger partial charge in [0.15, 0.2) is 5.78 Å². The van der Waals surface area contributed by atoms with Gasteiger partial charge in [-0.15, -0.1) is 0 Å². The second-order valence-corrected chi connectivity index (χ2v) is 4.57. The molecule has 0 spiro atoms. The van der Waals surface area contributed by atoms with Crippen LogP contribution in [0.2, 0.25) is 0 Å². The van der Waals surface area contributed by atoms with Crippen LogP contribution in [0, 0.1) is 5.92 Å². The molecule has 0 bridgehead atoms. The maximum Gasteiger partial charge on any atom is 0.188 e. The Morgan fingerprint density at radius 2 is 2.17 bits per heavy atom. The minimum atomic E-state index is -0.0337. The average Bonchev–Trinajstić information content (AvgIpc) is 2.77. The van der Waals surface area contributed by atoms with Gasteiger partial charge in [-0.25, -0.2) is 9.67 Å². The van der Waals surface area contributed by atoms with Gasteiger partial charge in [0, 0.05) is 12.7 Å². The van der Waals surface area contributed by atoms with Crippen LogP contribution < -0.4 is 0 Å². The fourth-order valence-corrected chi connectivity index (χ4v) is 1.69. The van der Waals surface area contributed by atoms with E-state index in [2.05, 4.69) is 28.9 Å². The van der Waals surface area contributed by atoms with Crippen LogP contribution in [0.3, 0.4) is 0 Å². The Kier molecular flexibility index (Phi) is 3.82. The molecule has 18 heavy (non-hydrogen) atoms. The summed E-state index contributed by atoms with van der Waals surface area (Å²) >= 11 is 0. The normalized spacial score (nSPS) is 10.8. The van der Waals surface area contributed by atoms with E-state index in [4.69, 9.17) is 0 Å². The molecule has 0 aliphatic rings. The quantitative estimate of drug-likeness (QED) is 0.752. The second kappa shape index (κ2) is 5.53. The Morgan fingerprint density at radius 3 is 2.83 bits per heavy atom. The van der Waals surface area contributed by atoms with Crippen LogP contribution in [0.15, 0.2) is 30.7 Å². The third-order valence-electron chi connectivity index (χ3n) is 2.50. The fourth-order valence-electron chi connectivity index (χ4n) is 1.69. The lowest BCUT2D eigenvalue weighted by Gasteiger charge is -2.07. The second-order valence-electron chi connectivity index (χ2n) is 4.57. The van der Waals surface area contributed by atoms with Crippen molar-refractivity contribution in [2.45, 2.75) is 26.8 Å². The van der Waals surface area contributed by atoms with Gasteiger partial charge in [-0.05, 0) is 18.1 Å². The number of carbonyl (C=O) groups excluding carboxylic acids is 1. The third-order valence-corrected chi connectivity index (χ3v) is 2.50. The first kappa shape index (κ1) is 12.4. The zero-order chi connectivity index (χ0) is 13.0. The van der Waals surface area contributed by atoms with Crippen molar-refractivity contribution in [3.63, 3.8) is 0 Å². The van der Waals surface area contributed by atoms with Crippen molar-refractivity contribution < 1.29 is 4.79 Å². The topological polar surface area (TPSA) is 60.7 Å². The summed E-state index contributed by atoms with van der Waals surface area (Å²) in [6.45, 7) is 4.98. The number of rotatable bonds is 5. The molecule has 2 heterocycles. The van der Waals surface area contributed by atoms with Crippen LogP contribution in [-0.4, -0.2) is 25.5 Å². The van der Waals surface area contributed by atoms with Crippen LogP contribution in [0.5, 0.6) is 0 Å². The highest BCUT2D eigenvalue weighted by molar-refractivity contribution is 5.95. The molecular formula is C13H16N4O. The number of hydrogen-bond donors (Lipinski definition) is 0. The van der Waals surface area contributed by atoms with Gasteiger partial charge in [0.1, 0.15) is 17.8 Å². The van der Waals surface area contributed by atoms with Crippen LogP contribution in [0.25, 0.3) is 0 Å². The van der Waals surface area contributed by atoms with Crippen molar-refractivity contribution >= 4 is 5.78 Å². The molecule has 0 fully saturated rings. The molecule has 0 saturated carbocycles. The molecule has 2 aromatic heterocycles. The van der Waals surface area contributed by atoms with Gasteiger partial charge in [0.05, 0.1) is 6.42 Å². The molecule has 0 atom stereocenters. The van der Waals surface area contributed by atoms with Gasteiger partial charge in [-0.3, -0.25) is 9.78 Å². The molecule has 0 N–H and O–H groups in total. The minimum absolute atomic E-state index is 0.0337. The molecule has 5 nitrogen and oxygen atoms in total. The van der Waals surface area contributed by atoms with Gasteiger partial charge in [0.2, 0.25) is 0 Å². The SMILES string of the molecule is CC(C)Cn1ncnc1CC(=O)c1ccccn1. The average molecular weight is 244 g/mol. The maximum absolute atomic E-state index is 12.0. The smallest absolute Gasteiger partial charge is 0.188 e. The van der Waals surface area contributed by atoms with E-state index in [-0.39, 0.29) is 12.2 Å². The highest BCUT2D eigenvalue weighted by Crippen LogP contribution is 2.05. The summed E-state index contributed by atoms with van der Waals surface area (Å²) in [5.74, 6) is 1.13. The van der Waals surface area contributed by atoms with E-state index in [1.54, 1.807) is 29.1 Å². The molecule has 2 rings (SSSR count). The first-order valence-electron chi connectivity index (χ1n) is 5.97. The first-order valence-corrected chi connectivity index (χ1v) is 5.97. The van der Waals surface area contributed by atoms with Gasteiger partial charge >= 0.3 is 0 Å². The van der Waals surface area contributed by atoms with Crippen molar-refractivity contribution in [3.05, 3.63) is 42.2 Å². The molecule has 0 unspecified atom stereocenters. The Hall–Kier alpha value is -2.04. The van der Waals surface area contributed by atoms with Crippen LogP contribution in [-0.2, 0) is 13.0 Å². The van der Waals surface area contributed by atoms with E-state index in [1.165, 1.54) is 6.33 Å². The van der Waals surface area contributed by atoms with Crippen molar-refractivity contribution in [3.8, 4) is 0 Å². The number of Topliss-reactive ketones (excluding diaryl/α,β-unsaturated/α-hetero) is 1. The van der Waals surface area contributed by atoms with E-state index in [0.717, 1.165) is 6.54 Å². The number of carbonyl (C=O) groups is 1. The van der Waals surface area contributed by atoms with Crippen LogP contribution >= 0.6 is 0 Å². The third kappa shape index (κ3) is 3.00. The molecule has 0 saturated heterocycles. The Labute approximate surface area is 106 Å². The van der Waals surface area contributed by atoms with E-state index in [0.29, 0.717) is 17.4 Å². The predicted octanol–water partition coefficient (Wildman–Crippen LogP) is 1.75. The summed E-state index contributed by atoms with van der Waals surface area (Å²) in [6.07, 6.45) is 3.35. The Morgan fingerprint density at radius 1 is 1.33 bits per heavy atom. The monoisotopic (exact) mass is 244 g/mol. The fraction of sp³-hybridized carbons (Fsp3) is 0.385. The van der Waals surface area contributed by atoms with E-state index >= 15 is 0 Å². The molecule has 0 aliphatic carbocycles. The lowest BCUT2D eigenvalue weighted by molar-refractivity contribution is 0.0984. The molecule has 94 valence electrons. The summed E-state index contributed by atoms with van der Waals surface area (Å²) in [5.41, 5.74) is 0.469. The number of hydrogen-bond acceptors (Lipinski definition) is 4. The lowest BCUT2D eigenvalue weighted by Crippen LogP contribution is -2.14. The van der Waals surface area contributed by atoms with Gasteiger partial charge < -0.3 is 0 Å². The highest BCUT2D eigenvalue weighted by atomic mass is 16.1. The number of pyridine rings is 1. The molecule has 5 heteroatoms. The van der Waals surface area contributed by atoms with E-state index in [9.17, 15) is 4.79 Å². The van der Waals surface area contributed by atoms with Crippen molar-refractivity contribution in [2.24, 2.45) is 5.92 Å². The van der Waals surface area contributed by atoms with Gasteiger partial charge in [-0.1, -0.05) is 19.9 Å². The molecular weight excluding hydrogens is 228 g/mol. The largest absolute Gasteiger partial charge is 0.292 e. The zero-order valence-corrected chi connectivity index (χ0v) is 10.6. The summed E-state index contributed by atoms with van der Waals surface area (Å²) in [7, 11) is 0. The summed E-state index contributed by atoms with van der Waals surface area (Å²) in [6, 6.07) is 5.31.